The van der Waals surface area contributed by atoms with Crippen molar-refractivity contribution in [3.63, 3.8) is 0 Å². The van der Waals surface area contributed by atoms with Crippen LogP contribution in [0.15, 0.2) is 70.6 Å². The molecule has 1 unspecified atom stereocenters. The molecule has 0 radical (unpaired) electrons. The smallest absolute Gasteiger partial charge is 0.0394 e. The Bertz CT molecular complexity index is 838. The predicted molar refractivity (Wildman–Crippen MR) is 127 cm³/mol. The van der Waals surface area contributed by atoms with Gasteiger partial charge in [-0.1, -0.05) is 54.6 Å². The van der Waals surface area contributed by atoms with Crippen LogP contribution in [0.2, 0.25) is 0 Å². The summed E-state index contributed by atoms with van der Waals surface area (Å²) in [6.45, 7) is 7.46. The Kier molecular flexibility index (Phi) is 9.55. The number of aliphatic imine (C=N–C) groups is 1. The molecule has 0 heterocycles. The van der Waals surface area contributed by atoms with Crippen molar-refractivity contribution in [1.29, 1.82) is 0 Å². The van der Waals surface area contributed by atoms with E-state index < -0.39 is 0 Å². The maximum absolute atomic E-state index is 3.68. The standard InChI is InChI=1S/C18H17PS.C5H12N2/c1-13-6-4-10-17(19)16(13)12-20-18-11-5-8-14-7-2-3-9-15(14)18;1-6-4-3-5-7-2/h2-11H,12,19H2,1H3;7H,1,3-5H2,2H3. The number of hydrogen-bond acceptors (Lipinski definition) is 3. The van der Waals surface area contributed by atoms with Gasteiger partial charge in [0.2, 0.25) is 0 Å². The second-order valence-corrected chi connectivity index (χ2v) is 7.95. The highest BCUT2D eigenvalue weighted by Crippen LogP contribution is 2.30. The van der Waals surface area contributed by atoms with E-state index in [0.29, 0.717) is 0 Å². The normalized spacial score (nSPS) is 10.3. The maximum Gasteiger partial charge on any atom is 0.0394 e. The van der Waals surface area contributed by atoms with E-state index in [1.54, 1.807) is 0 Å². The van der Waals surface area contributed by atoms with Gasteiger partial charge >= 0.3 is 0 Å². The number of benzene rings is 3. The molecule has 0 saturated carbocycles. The first-order valence-corrected chi connectivity index (χ1v) is 10.7. The first kappa shape index (κ1) is 21.6. The van der Waals surface area contributed by atoms with Crippen molar-refractivity contribution in [3.8, 4) is 0 Å². The van der Waals surface area contributed by atoms with Crippen molar-refractivity contribution in [2.75, 3.05) is 20.1 Å². The quantitative estimate of drug-likeness (QED) is 0.256. The maximum atomic E-state index is 3.68. The van der Waals surface area contributed by atoms with Crippen molar-refractivity contribution in [2.45, 2.75) is 24.0 Å². The molecule has 2 nitrogen and oxygen atoms in total. The van der Waals surface area contributed by atoms with Crippen molar-refractivity contribution >= 4 is 43.8 Å². The van der Waals surface area contributed by atoms with Gasteiger partial charge in [0.05, 0.1) is 0 Å². The van der Waals surface area contributed by atoms with Gasteiger partial charge in [-0.15, -0.1) is 21.0 Å². The highest BCUT2D eigenvalue weighted by atomic mass is 32.2. The van der Waals surface area contributed by atoms with E-state index in [9.17, 15) is 0 Å². The molecule has 0 aliphatic rings. The summed E-state index contributed by atoms with van der Waals surface area (Å²) in [5.74, 6) is 1.01. The lowest BCUT2D eigenvalue weighted by molar-refractivity contribution is 0.736. The molecule has 0 saturated heterocycles. The Hall–Kier alpha value is -1.67. The van der Waals surface area contributed by atoms with Crippen molar-refractivity contribution in [2.24, 2.45) is 4.99 Å². The summed E-state index contributed by atoms with van der Waals surface area (Å²) in [6.07, 6.45) is 1.10. The Morgan fingerprint density at radius 3 is 2.52 bits per heavy atom. The van der Waals surface area contributed by atoms with Crippen LogP contribution in [0.3, 0.4) is 0 Å². The Balaban J connectivity index is 0.000000321. The van der Waals surface area contributed by atoms with Crippen LogP contribution in [0.4, 0.5) is 0 Å². The van der Waals surface area contributed by atoms with E-state index >= 15 is 0 Å². The van der Waals surface area contributed by atoms with Crippen LogP contribution >= 0.6 is 21.0 Å². The molecular weight excluding hydrogens is 367 g/mol. The molecule has 3 aromatic carbocycles. The number of fused-ring (bicyclic) bond motifs is 1. The number of nitrogens with zero attached hydrogens (tertiary/aromatic N) is 1. The average molecular weight is 397 g/mol. The largest absolute Gasteiger partial charge is 0.320 e. The summed E-state index contributed by atoms with van der Waals surface area (Å²) >= 11 is 1.92. The van der Waals surface area contributed by atoms with E-state index in [4.69, 9.17) is 0 Å². The zero-order chi connectivity index (χ0) is 19.5. The van der Waals surface area contributed by atoms with Gasteiger partial charge in [-0.2, -0.15) is 0 Å². The Morgan fingerprint density at radius 2 is 1.78 bits per heavy atom. The first-order chi connectivity index (χ1) is 13.2. The lowest BCUT2D eigenvalue weighted by Gasteiger charge is -2.10. The van der Waals surface area contributed by atoms with E-state index in [-0.39, 0.29) is 0 Å². The minimum absolute atomic E-state index is 0.876. The van der Waals surface area contributed by atoms with Gasteiger partial charge < -0.3 is 10.3 Å². The molecule has 0 aliphatic heterocycles. The number of hydrogen-bond donors (Lipinski definition) is 1. The summed E-state index contributed by atoms with van der Waals surface area (Å²) in [4.78, 5) is 5.04. The van der Waals surface area contributed by atoms with Gasteiger partial charge in [0, 0.05) is 17.2 Å². The Morgan fingerprint density at radius 1 is 1.04 bits per heavy atom. The number of aryl methyl sites for hydroxylation is 1. The fourth-order valence-electron chi connectivity index (χ4n) is 2.76. The molecule has 1 N–H and O–H groups in total. The van der Waals surface area contributed by atoms with E-state index in [1.807, 2.05) is 18.8 Å². The number of nitrogens with one attached hydrogen (secondary N) is 1. The van der Waals surface area contributed by atoms with Crippen LogP contribution < -0.4 is 10.6 Å². The Labute approximate surface area is 170 Å². The highest BCUT2D eigenvalue weighted by Gasteiger charge is 2.05. The lowest BCUT2D eigenvalue weighted by Crippen LogP contribution is -2.08. The minimum Gasteiger partial charge on any atom is -0.320 e. The molecule has 0 fully saturated rings. The van der Waals surface area contributed by atoms with E-state index in [1.165, 1.54) is 32.1 Å². The van der Waals surface area contributed by atoms with Crippen molar-refractivity contribution in [1.82, 2.24) is 5.32 Å². The van der Waals surface area contributed by atoms with Gasteiger partial charge in [-0.25, -0.2) is 0 Å². The fourth-order valence-corrected chi connectivity index (χ4v) is 4.56. The summed E-state index contributed by atoms with van der Waals surface area (Å²) in [7, 11) is 4.78. The van der Waals surface area contributed by atoms with Crippen LogP contribution in [0.1, 0.15) is 17.5 Å². The molecule has 3 aromatic rings. The fraction of sp³-hybridized carbons (Fsp3) is 0.261. The third-order valence-corrected chi connectivity index (χ3v) is 5.95. The van der Waals surface area contributed by atoms with Gasteiger partial charge in [0.25, 0.3) is 0 Å². The molecular formula is C23H29N2PS. The molecule has 0 aliphatic carbocycles. The molecule has 0 aromatic heterocycles. The molecule has 4 heteroatoms. The summed E-state index contributed by atoms with van der Waals surface area (Å²) in [6, 6.07) is 21.6. The topological polar surface area (TPSA) is 24.4 Å². The van der Waals surface area contributed by atoms with Gasteiger partial charge in [0.15, 0.2) is 0 Å². The molecule has 1 atom stereocenters. The zero-order valence-corrected chi connectivity index (χ0v) is 18.2. The molecule has 0 bridgehead atoms. The third-order valence-electron chi connectivity index (χ3n) is 4.31. The number of rotatable bonds is 7. The van der Waals surface area contributed by atoms with E-state index in [0.717, 1.165) is 25.3 Å². The SMILES string of the molecule is C=NCCCNC.Cc1cccc(P)c1CSc1cccc2ccccc12. The van der Waals surface area contributed by atoms with Crippen LogP contribution in [0.25, 0.3) is 10.8 Å². The summed E-state index contributed by atoms with van der Waals surface area (Å²) in [5.41, 5.74) is 2.79. The monoisotopic (exact) mass is 396 g/mol. The second kappa shape index (κ2) is 11.9. The van der Waals surface area contributed by atoms with Crippen LogP contribution in [0, 0.1) is 6.92 Å². The van der Waals surface area contributed by atoms with E-state index in [2.05, 4.69) is 93.9 Å². The van der Waals surface area contributed by atoms with Gasteiger partial charge in [0.1, 0.15) is 0 Å². The van der Waals surface area contributed by atoms with Crippen molar-refractivity contribution < 1.29 is 0 Å². The lowest BCUT2D eigenvalue weighted by atomic mass is 10.1. The van der Waals surface area contributed by atoms with Crippen LogP contribution in [-0.4, -0.2) is 26.9 Å². The van der Waals surface area contributed by atoms with Crippen LogP contribution in [-0.2, 0) is 5.75 Å². The molecule has 0 amide bonds. The molecule has 27 heavy (non-hydrogen) atoms. The number of thioether (sulfide) groups is 1. The summed E-state index contributed by atoms with van der Waals surface area (Å²) < 4.78 is 0. The molecule has 3 rings (SSSR count). The second-order valence-electron chi connectivity index (χ2n) is 6.31. The van der Waals surface area contributed by atoms with Gasteiger partial charge in [-0.3, -0.25) is 0 Å². The summed E-state index contributed by atoms with van der Waals surface area (Å²) in [5, 5.41) is 6.98. The minimum atomic E-state index is 0.876. The highest BCUT2D eigenvalue weighted by molar-refractivity contribution is 7.98. The molecule has 0 spiro atoms. The predicted octanol–water partition coefficient (Wildman–Crippen LogP) is 5.24. The van der Waals surface area contributed by atoms with Gasteiger partial charge in [-0.05, 0) is 66.9 Å². The van der Waals surface area contributed by atoms with Crippen LogP contribution in [0.5, 0.6) is 0 Å². The molecule has 142 valence electrons. The zero-order valence-electron chi connectivity index (χ0n) is 16.2. The van der Waals surface area contributed by atoms with Crippen molar-refractivity contribution in [3.05, 3.63) is 71.8 Å². The first-order valence-electron chi connectivity index (χ1n) is 9.19. The third kappa shape index (κ3) is 6.77. The average Bonchev–Trinajstić information content (AvgIpc) is 2.69.